The Morgan fingerprint density at radius 3 is 2.56 bits per heavy atom. The van der Waals surface area contributed by atoms with Crippen LogP contribution in [0.2, 0.25) is 0 Å². The fraction of sp³-hybridized carbons (Fsp3) is 0.0714. The minimum absolute atomic E-state index is 1.07. The largest absolute Gasteiger partial charge is 0.345 e. The van der Waals surface area contributed by atoms with E-state index in [1.54, 1.807) is 6.33 Å². The predicted molar refractivity (Wildman–Crippen MR) is 66.3 cm³/mol. The van der Waals surface area contributed by atoms with Crippen LogP contribution in [0.4, 0.5) is 0 Å². The highest BCUT2D eigenvalue weighted by atomic mass is 14.9. The van der Waals surface area contributed by atoms with Crippen LogP contribution in [0.15, 0.2) is 48.9 Å². The molecule has 0 aliphatic rings. The molecule has 0 unspecified atom stereocenters. The first kappa shape index (κ1) is 9.16. The van der Waals surface area contributed by atoms with Crippen molar-refractivity contribution in [3.05, 3.63) is 54.5 Å². The molecule has 16 heavy (non-hydrogen) atoms. The molecule has 3 aromatic rings. The topological polar surface area (TPSA) is 28.7 Å². The highest BCUT2D eigenvalue weighted by Crippen LogP contribution is 2.28. The van der Waals surface area contributed by atoms with E-state index in [0.29, 0.717) is 0 Å². The van der Waals surface area contributed by atoms with Crippen molar-refractivity contribution in [2.75, 3.05) is 0 Å². The molecular formula is C14H12N2. The van der Waals surface area contributed by atoms with Crippen LogP contribution >= 0.6 is 0 Å². The van der Waals surface area contributed by atoms with E-state index in [9.17, 15) is 0 Å². The molecule has 0 bridgehead atoms. The highest BCUT2D eigenvalue weighted by molar-refractivity contribution is 5.97. The predicted octanol–water partition coefficient (Wildman–Crippen LogP) is 3.54. The van der Waals surface area contributed by atoms with Gasteiger partial charge in [-0.05, 0) is 23.3 Å². The minimum atomic E-state index is 1.07. The van der Waals surface area contributed by atoms with Gasteiger partial charge in [0.25, 0.3) is 0 Å². The lowest BCUT2D eigenvalue weighted by atomic mass is 9.99. The molecule has 3 rings (SSSR count). The van der Waals surface area contributed by atoms with Crippen LogP contribution in [0.5, 0.6) is 0 Å². The maximum Gasteiger partial charge on any atom is 0.0924 e. The molecule has 78 valence electrons. The molecule has 0 radical (unpaired) electrons. The number of aromatic nitrogens is 2. The molecule has 1 heterocycles. The number of aromatic amines is 1. The number of hydrogen-bond donors (Lipinski definition) is 1. The molecule has 1 aromatic heterocycles. The van der Waals surface area contributed by atoms with Crippen molar-refractivity contribution in [1.82, 2.24) is 9.97 Å². The van der Waals surface area contributed by atoms with Crippen LogP contribution in [0.25, 0.3) is 22.0 Å². The van der Waals surface area contributed by atoms with Crippen molar-refractivity contribution < 1.29 is 0 Å². The Kier molecular flexibility index (Phi) is 2.00. The standard InChI is InChI=1S/C14H12N2/c1-10-6-7-13(14-8-15-9-16-14)12-5-3-2-4-11(10)12/h2-9H,1H3,(H,15,16). The number of aryl methyl sites for hydroxylation is 1. The van der Waals surface area contributed by atoms with Gasteiger partial charge in [-0.25, -0.2) is 4.98 Å². The first-order valence-corrected chi connectivity index (χ1v) is 5.33. The zero-order valence-electron chi connectivity index (χ0n) is 9.07. The smallest absolute Gasteiger partial charge is 0.0924 e. The summed E-state index contributed by atoms with van der Waals surface area (Å²) in [6.07, 6.45) is 3.57. The summed E-state index contributed by atoms with van der Waals surface area (Å²) < 4.78 is 0. The monoisotopic (exact) mass is 208 g/mol. The van der Waals surface area contributed by atoms with Gasteiger partial charge in [-0.2, -0.15) is 0 Å². The number of rotatable bonds is 1. The summed E-state index contributed by atoms with van der Waals surface area (Å²) in [5, 5.41) is 2.57. The van der Waals surface area contributed by atoms with Gasteiger partial charge in [-0.3, -0.25) is 0 Å². The van der Waals surface area contributed by atoms with Crippen molar-refractivity contribution >= 4 is 10.8 Å². The number of fused-ring (bicyclic) bond motifs is 1. The molecule has 0 spiro atoms. The van der Waals surface area contributed by atoms with Gasteiger partial charge in [0, 0.05) is 5.56 Å². The summed E-state index contributed by atoms with van der Waals surface area (Å²) in [6.45, 7) is 2.14. The van der Waals surface area contributed by atoms with Gasteiger partial charge < -0.3 is 4.98 Å². The number of imidazole rings is 1. The lowest BCUT2D eigenvalue weighted by Gasteiger charge is -2.06. The Morgan fingerprint density at radius 1 is 1.00 bits per heavy atom. The molecule has 0 saturated heterocycles. The number of hydrogen-bond acceptors (Lipinski definition) is 1. The molecule has 0 aliphatic carbocycles. The summed E-state index contributed by atoms with van der Waals surface area (Å²) >= 11 is 0. The van der Waals surface area contributed by atoms with Crippen molar-refractivity contribution in [3.8, 4) is 11.3 Å². The van der Waals surface area contributed by atoms with Crippen LogP contribution in [-0.2, 0) is 0 Å². The number of nitrogens with zero attached hydrogens (tertiary/aromatic N) is 1. The molecule has 2 aromatic carbocycles. The summed E-state index contributed by atoms with van der Waals surface area (Å²) in [4.78, 5) is 7.23. The van der Waals surface area contributed by atoms with Gasteiger partial charge in [-0.1, -0.05) is 36.4 Å². The van der Waals surface area contributed by atoms with Crippen LogP contribution in [-0.4, -0.2) is 9.97 Å². The van der Waals surface area contributed by atoms with Crippen molar-refractivity contribution in [3.63, 3.8) is 0 Å². The maximum atomic E-state index is 4.07. The third-order valence-corrected chi connectivity index (χ3v) is 2.93. The van der Waals surface area contributed by atoms with E-state index >= 15 is 0 Å². The average Bonchev–Trinajstić information content (AvgIpc) is 2.83. The summed E-state index contributed by atoms with van der Waals surface area (Å²) in [5.41, 5.74) is 3.58. The third-order valence-electron chi connectivity index (χ3n) is 2.93. The Bertz CT molecular complexity index is 624. The summed E-state index contributed by atoms with van der Waals surface area (Å²) in [5.74, 6) is 0. The molecule has 0 saturated carbocycles. The van der Waals surface area contributed by atoms with E-state index in [1.807, 2.05) is 6.20 Å². The number of nitrogens with one attached hydrogen (secondary N) is 1. The van der Waals surface area contributed by atoms with Gasteiger partial charge in [0.05, 0.1) is 18.2 Å². The fourth-order valence-electron chi connectivity index (χ4n) is 2.09. The van der Waals surface area contributed by atoms with Crippen molar-refractivity contribution in [1.29, 1.82) is 0 Å². The van der Waals surface area contributed by atoms with Crippen LogP contribution in [0.1, 0.15) is 5.56 Å². The SMILES string of the molecule is Cc1ccc(-c2cnc[nH]2)c2ccccc12. The van der Waals surface area contributed by atoms with Gasteiger partial charge in [0.2, 0.25) is 0 Å². The van der Waals surface area contributed by atoms with Crippen molar-refractivity contribution in [2.45, 2.75) is 6.92 Å². The second-order valence-electron chi connectivity index (χ2n) is 3.94. The second kappa shape index (κ2) is 3.49. The maximum absolute atomic E-state index is 4.07. The Morgan fingerprint density at radius 2 is 1.81 bits per heavy atom. The molecule has 2 nitrogen and oxygen atoms in total. The molecule has 1 N–H and O–H groups in total. The van der Waals surface area contributed by atoms with Crippen LogP contribution in [0.3, 0.4) is 0 Å². The summed E-state index contributed by atoms with van der Waals surface area (Å²) in [6, 6.07) is 12.8. The first-order chi connectivity index (χ1) is 7.86. The highest BCUT2D eigenvalue weighted by Gasteiger charge is 2.05. The normalized spacial score (nSPS) is 10.8. The third kappa shape index (κ3) is 1.31. The Labute approximate surface area is 94.0 Å². The van der Waals surface area contributed by atoms with E-state index in [4.69, 9.17) is 0 Å². The molecule has 0 amide bonds. The zero-order chi connectivity index (χ0) is 11.0. The van der Waals surface area contributed by atoms with E-state index in [-0.39, 0.29) is 0 Å². The Hall–Kier alpha value is -2.09. The first-order valence-electron chi connectivity index (χ1n) is 5.33. The molecular weight excluding hydrogens is 196 g/mol. The minimum Gasteiger partial charge on any atom is -0.345 e. The molecule has 2 heteroatoms. The molecule has 0 aliphatic heterocycles. The lowest BCUT2D eigenvalue weighted by Crippen LogP contribution is -1.84. The number of H-pyrrole nitrogens is 1. The molecule has 0 atom stereocenters. The zero-order valence-corrected chi connectivity index (χ0v) is 9.07. The van der Waals surface area contributed by atoms with Gasteiger partial charge in [0.1, 0.15) is 0 Å². The second-order valence-corrected chi connectivity index (χ2v) is 3.94. The van der Waals surface area contributed by atoms with Gasteiger partial charge >= 0.3 is 0 Å². The van der Waals surface area contributed by atoms with E-state index in [1.165, 1.54) is 21.9 Å². The number of benzene rings is 2. The van der Waals surface area contributed by atoms with E-state index in [0.717, 1.165) is 5.69 Å². The molecule has 0 fully saturated rings. The van der Waals surface area contributed by atoms with Crippen LogP contribution in [0, 0.1) is 6.92 Å². The van der Waals surface area contributed by atoms with Crippen LogP contribution < -0.4 is 0 Å². The van der Waals surface area contributed by atoms with E-state index in [2.05, 4.69) is 53.3 Å². The average molecular weight is 208 g/mol. The van der Waals surface area contributed by atoms with Gasteiger partial charge in [0.15, 0.2) is 0 Å². The lowest BCUT2D eigenvalue weighted by molar-refractivity contribution is 1.31. The fourth-order valence-corrected chi connectivity index (χ4v) is 2.09. The van der Waals surface area contributed by atoms with Crippen molar-refractivity contribution in [2.24, 2.45) is 0 Å². The van der Waals surface area contributed by atoms with Gasteiger partial charge in [-0.15, -0.1) is 0 Å². The van der Waals surface area contributed by atoms with E-state index < -0.39 is 0 Å². The quantitative estimate of drug-likeness (QED) is 0.651. The Balaban J connectivity index is 2.39. The summed E-state index contributed by atoms with van der Waals surface area (Å²) in [7, 11) is 0.